The van der Waals surface area contributed by atoms with Crippen LogP contribution in [0.4, 0.5) is 34.1 Å². The summed E-state index contributed by atoms with van der Waals surface area (Å²) in [6.45, 7) is 1.96. The minimum atomic E-state index is 0.779. The predicted molar refractivity (Wildman–Crippen MR) is 139 cm³/mol. The fourth-order valence-corrected chi connectivity index (χ4v) is 4.22. The number of hydrogen-bond acceptors (Lipinski definition) is 6. The van der Waals surface area contributed by atoms with Gasteiger partial charge in [-0.15, -0.1) is 15.3 Å². The lowest BCUT2D eigenvalue weighted by Gasteiger charge is -2.17. The summed E-state index contributed by atoms with van der Waals surface area (Å²) in [5.41, 5.74) is 5.16. The third kappa shape index (κ3) is 3.61. The molecule has 0 saturated heterocycles. The van der Waals surface area contributed by atoms with Crippen LogP contribution in [0.1, 0.15) is 6.92 Å². The van der Waals surface area contributed by atoms with E-state index in [1.54, 1.807) is 0 Å². The van der Waals surface area contributed by atoms with E-state index in [1.165, 1.54) is 0 Å². The highest BCUT2D eigenvalue weighted by Gasteiger charge is 2.14. The number of aliphatic imine (C=N–C) groups is 1. The molecule has 162 valence electrons. The van der Waals surface area contributed by atoms with Crippen molar-refractivity contribution in [2.24, 2.45) is 25.4 Å². The number of hydrogen-bond donors (Lipinski definition) is 1. The Labute approximate surface area is 196 Å². The van der Waals surface area contributed by atoms with E-state index in [2.05, 4.69) is 42.9 Å². The highest BCUT2D eigenvalue weighted by molar-refractivity contribution is 6.15. The van der Waals surface area contributed by atoms with Gasteiger partial charge in [0.05, 0.1) is 28.4 Å². The van der Waals surface area contributed by atoms with Gasteiger partial charge in [-0.3, -0.25) is 0 Å². The summed E-state index contributed by atoms with van der Waals surface area (Å²) in [5, 5.41) is 25.5. The molecule has 5 aromatic rings. The van der Waals surface area contributed by atoms with Gasteiger partial charge in [0.15, 0.2) is 0 Å². The van der Waals surface area contributed by atoms with E-state index in [-0.39, 0.29) is 0 Å². The van der Waals surface area contributed by atoms with E-state index in [0.717, 1.165) is 61.5 Å². The Morgan fingerprint density at radius 1 is 0.559 bits per heavy atom. The summed E-state index contributed by atoms with van der Waals surface area (Å²) < 4.78 is 0. The molecule has 1 heterocycles. The maximum Gasteiger partial charge on any atom is 0.103 e. The molecule has 1 N–H and O–H groups in total. The van der Waals surface area contributed by atoms with Crippen LogP contribution in [-0.2, 0) is 0 Å². The van der Waals surface area contributed by atoms with E-state index in [9.17, 15) is 0 Å². The molecule has 0 saturated carbocycles. The minimum absolute atomic E-state index is 0.779. The average Bonchev–Trinajstić information content (AvgIpc) is 2.88. The quantitative estimate of drug-likeness (QED) is 0.278. The molecule has 0 unspecified atom stereocenters. The molecule has 6 rings (SSSR count). The lowest BCUT2D eigenvalue weighted by Crippen LogP contribution is -2.10. The van der Waals surface area contributed by atoms with Gasteiger partial charge in [0, 0.05) is 27.2 Å². The molecule has 0 bridgehead atoms. The first kappa shape index (κ1) is 19.9. The van der Waals surface area contributed by atoms with Gasteiger partial charge >= 0.3 is 0 Å². The van der Waals surface area contributed by atoms with Gasteiger partial charge in [-0.1, -0.05) is 54.6 Å². The number of benzene rings is 5. The average molecular weight is 441 g/mol. The molecule has 0 radical (unpaired) electrons. The van der Waals surface area contributed by atoms with E-state index >= 15 is 0 Å². The molecule has 0 amide bonds. The lowest BCUT2D eigenvalue weighted by atomic mass is 10.0. The summed E-state index contributed by atoms with van der Waals surface area (Å²) >= 11 is 0. The van der Waals surface area contributed by atoms with Crippen LogP contribution in [-0.4, -0.2) is 5.84 Å². The second-order valence-corrected chi connectivity index (χ2v) is 8.04. The first-order chi connectivity index (χ1) is 16.8. The van der Waals surface area contributed by atoms with Crippen molar-refractivity contribution in [3.05, 3.63) is 97.1 Å². The van der Waals surface area contributed by atoms with Crippen molar-refractivity contribution >= 4 is 61.5 Å². The molecule has 0 atom stereocenters. The van der Waals surface area contributed by atoms with Crippen LogP contribution < -0.4 is 5.32 Å². The molecule has 0 spiro atoms. The molecular weight excluding hydrogens is 420 g/mol. The normalized spacial score (nSPS) is 13.0. The first-order valence-electron chi connectivity index (χ1n) is 11.0. The van der Waals surface area contributed by atoms with E-state index < -0.39 is 0 Å². The van der Waals surface area contributed by atoms with Crippen LogP contribution in [0.5, 0.6) is 0 Å². The van der Waals surface area contributed by atoms with Crippen molar-refractivity contribution in [1.29, 1.82) is 0 Å². The van der Waals surface area contributed by atoms with E-state index in [4.69, 9.17) is 0 Å². The van der Waals surface area contributed by atoms with Crippen LogP contribution in [0.2, 0.25) is 0 Å². The molecule has 34 heavy (non-hydrogen) atoms. The SMILES string of the molecule is CC1=Nc2ccc(N=Nc3ccc(N=Nc4ccccc4)c4ccccc34)c3cccc(c23)N1. The number of rotatable bonds is 4. The zero-order valence-corrected chi connectivity index (χ0v) is 18.5. The standard InChI is InChI=1S/C28H20N6/c1-18-29-26-13-7-12-22-25(16-17-27(30-18)28(22)26)34-33-24-15-14-23(20-10-5-6-11-21(20)24)32-31-19-8-3-2-4-9-19/h2-17H,1H3,(H,29,30). The summed E-state index contributed by atoms with van der Waals surface area (Å²) in [7, 11) is 0. The Bertz CT molecular complexity index is 1630. The number of nitrogens with zero attached hydrogens (tertiary/aromatic N) is 5. The second kappa shape index (κ2) is 8.33. The summed E-state index contributed by atoms with van der Waals surface area (Å²) in [6.07, 6.45) is 0. The number of amidine groups is 1. The van der Waals surface area contributed by atoms with Crippen molar-refractivity contribution in [3.63, 3.8) is 0 Å². The van der Waals surface area contributed by atoms with Gasteiger partial charge in [-0.25, -0.2) is 4.99 Å². The fraction of sp³-hybridized carbons (Fsp3) is 0.0357. The van der Waals surface area contributed by atoms with E-state index in [1.807, 2.05) is 91.9 Å². The molecule has 6 heteroatoms. The highest BCUT2D eigenvalue weighted by Crippen LogP contribution is 2.41. The van der Waals surface area contributed by atoms with Crippen molar-refractivity contribution in [2.75, 3.05) is 5.32 Å². The Balaban J connectivity index is 1.40. The zero-order valence-electron chi connectivity index (χ0n) is 18.5. The van der Waals surface area contributed by atoms with Gasteiger partial charge < -0.3 is 5.32 Å². The van der Waals surface area contributed by atoms with Gasteiger partial charge in [-0.2, -0.15) is 5.11 Å². The van der Waals surface area contributed by atoms with Gasteiger partial charge in [-0.05, 0) is 49.4 Å². The molecule has 0 aromatic heterocycles. The monoisotopic (exact) mass is 440 g/mol. The van der Waals surface area contributed by atoms with Crippen LogP contribution >= 0.6 is 0 Å². The number of fused-ring (bicyclic) bond motifs is 1. The Morgan fingerprint density at radius 2 is 1.15 bits per heavy atom. The van der Waals surface area contributed by atoms with Crippen LogP contribution in [0.15, 0.2) is 123 Å². The second-order valence-electron chi connectivity index (χ2n) is 8.04. The summed E-state index contributed by atoms with van der Waals surface area (Å²) in [5.74, 6) is 0.880. The number of azo groups is 2. The lowest BCUT2D eigenvalue weighted by molar-refractivity contribution is 1.23. The van der Waals surface area contributed by atoms with Crippen molar-refractivity contribution < 1.29 is 0 Å². The first-order valence-corrected chi connectivity index (χ1v) is 11.0. The van der Waals surface area contributed by atoms with Gasteiger partial charge in [0.25, 0.3) is 0 Å². The van der Waals surface area contributed by atoms with Crippen molar-refractivity contribution in [3.8, 4) is 0 Å². The minimum Gasteiger partial charge on any atom is -0.343 e. The number of anilines is 1. The summed E-state index contributed by atoms with van der Waals surface area (Å²) in [4.78, 5) is 4.63. The molecule has 1 aliphatic rings. The number of nitrogens with one attached hydrogen (secondary N) is 1. The third-order valence-corrected chi connectivity index (χ3v) is 5.77. The van der Waals surface area contributed by atoms with Gasteiger partial charge in [0.2, 0.25) is 0 Å². The Kier molecular flexibility index (Phi) is 4.88. The maximum absolute atomic E-state index is 4.63. The third-order valence-electron chi connectivity index (χ3n) is 5.77. The van der Waals surface area contributed by atoms with Crippen LogP contribution in [0.3, 0.4) is 0 Å². The van der Waals surface area contributed by atoms with Gasteiger partial charge in [0.1, 0.15) is 5.84 Å². The fourth-order valence-electron chi connectivity index (χ4n) is 4.22. The predicted octanol–water partition coefficient (Wildman–Crippen LogP) is 9.30. The molecule has 6 nitrogen and oxygen atoms in total. The van der Waals surface area contributed by atoms with E-state index in [0.29, 0.717) is 0 Å². The Morgan fingerprint density at radius 3 is 1.88 bits per heavy atom. The zero-order chi connectivity index (χ0) is 22.9. The topological polar surface area (TPSA) is 73.8 Å². The molecule has 0 fully saturated rings. The maximum atomic E-state index is 4.63. The van der Waals surface area contributed by atoms with Crippen LogP contribution in [0.25, 0.3) is 21.5 Å². The molecule has 1 aliphatic heterocycles. The molecule has 0 aliphatic carbocycles. The highest BCUT2D eigenvalue weighted by atomic mass is 15.1. The summed E-state index contributed by atoms with van der Waals surface area (Å²) in [6, 6.07) is 31.7. The largest absolute Gasteiger partial charge is 0.343 e. The Hall–Kier alpha value is -4.71. The van der Waals surface area contributed by atoms with Crippen molar-refractivity contribution in [1.82, 2.24) is 0 Å². The van der Waals surface area contributed by atoms with Crippen molar-refractivity contribution in [2.45, 2.75) is 6.92 Å². The molecular formula is C28H20N6. The smallest absolute Gasteiger partial charge is 0.103 e. The molecule has 5 aromatic carbocycles. The van der Waals surface area contributed by atoms with Crippen LogP contribution in [0, 0.1) is 0 Å².